The lowest BCUT2D eigenvalue weighted by Gasteiger charge is -2.22. The molecule has 0 bridgehead atoms. The highest BCUT2D eigenvalue weighted by molar-refractivity contribution is 7.99. The van der Waals surface area contributed by atoms with Gasteiger partial charge in [-0.2, -0.15) is 0 Å². The van der Waals surface area contributed by atoms with Crippen molar-refractivity contribution in [2.45, 2.75) is 32.9 Å². The average molecular weight is 299 g/mol. The van der Waals surface area contributed by atoms with Gasteiger partial charge in [0.1, 0.15) is 6.04 Å². The van der Waals surface area contributed by atoms with Crippen LogP contribution in [0.5, 0.6) is 0 Å². The second-order valence-electron chi connectivity index (χ2n) is 4.31. The van der Waals surface area contributed by atoms with Crippen LogP contribution in [0, 0.1) is 6.92 Å². The Balaban J connectivity index is 1.90. The first kappa shape index (κ1) is 14.3. The van der Waals surface area contributed by atoms with Crippen molar-refractivity contribution < 1.29 is 9.59 Å². The maximum atomic E-state index is 12.1. The van der Waals surface area contributed by atoms with Crippen LogP contribution in [-0.4, -0.2) is 39.4 Å². The van der Waals surface area contributed by atoms with Gasteiger partial charge in [-0.3, -0.25) is 9.59 Å². The van der Waals surface area contributed by atoms with E-state index in [0.29, 0.717) is 24.6 Å². The molecule has 1 aromatic rings. The summed E-state index contributed by atoms with van der Waals surface area (Å²) in [5.41, 5.74) is 0.870. The van der Waals surface area contributed by atoms with Gasteiger partial charge in [-0.25, -0.2) is 4.98 Å². The molecule has 0 saturated carbocycles. The van der Waals surface area contributed by atoms with Crippen molar-refractivity contribution >= 4 is 34.9 Å². The van der Waals surface area contributed by atoms with E-state index < -0.39 is 0 Å². The van der Waals surface area contributed by atoms with E-state index in [1.54, 1.807) is 28.0 Å². The predicted molar refractivity (Wildman–Crippen MR) is 76.9 cm³/mol. The number of hydrogen-bond donors (Lipinski definition) is 1. The zero-order chi connectivity index (χ0) is 13.8. The van der Waals surface area contributed by atoms with E-state index in [0.717, 1.165) is 10.7 Å². The minimum absolute atomic E-state index is 0.0367. The Kier molecular flexibility index (Phi) is 4.81. The molecule has 2 heterocycles. The van der Waals surface area contributed by atoms with Gasteiger partial charge < -0.3 is 10.2 Å². The summed E-state index contributed by atoms with van der Waals surface area (Å²) in [6.07, 6.45) is 0.440. The van der Waals surface area contributed by atoms with E-state index in [1.807, 2.05) is 19.2 Å². The number of aromatic nitrogens is 1. The summed E-state index contributed by atoms with van der Waals surface area (Å²) in [4.78, 5) is 29.8. The number of nitrogens with zero attached hydrogens (tertiary/aromatic N) is 2. The van der Waals surface area contributed by atoms with Crippen LogP contribution in [-0.2, 0) is 16.1 Å². The van der Waals surface area contributed by atoms with Gasteiger partial charge in [0.2, 0.25) is 11.8 Å². The predicted octanol–water partition coefficient (Wildman–Crippen LogP) is 1.38. The Morgan fingerprint density at radius 3 is 3.00 bits per heavy atom. The van der Waals surface area contributed by atoms with Gasteiger partial charge in [-0.1, -0.05) is 6.92 Å². The molecule has 0 radical (unpaired) electrons. The van der Waals surface area contributed by atoms with Crippen LogP contribution in [0.1, 0.15) is 24.0 Å². The molecule has 1 aromatic heterocycles. The van der Waals surface area contributed by atoms with Crippen LogP contribution in [0.3, 0.4) is 0 Å². The summed E-state index contributed by atoms with van der Waals surface area (Å²) in [6.45, 7) is 4.18. The van der Waals surface area contributed by atoms with E-state index in [-0.39, 0.29) is 17.9 Å². The minimum Gasteiger partial charge on any atom is -0.349 e. The van der Waals surface area contributed by atoms with Gasteiger partial charge in [-0.05, 0) is 6.92 Å². The topological polar surface area (TPSA) is 62.3 Å². The van der Waals surface area contributed by atoms with Crippen molar-refractivity contribution in [1.29, 1.82) is 0 Å². The van der Waals surface area contributed by atoms with Crippen LogP contribution < -0.4 is 5.32 Å². The fourth-order valence-corrected chi connectivity index (χ4v) is 3.69. The third-order valence-electron chi connectivity index (χ3n) is 2.92. The van der Waals surface area contributed by atoms with Crippen molar-refractivity contribution in [1.82, 2.24) is 15.2 Å². The lowest BCUT2D eigenvalue weighted by Crippen LogP contribution is -2.46. The molecule has 19 heavy (non-hydrogen) atoms. The van der Waals surface area contributed by atoms with E-state index in [4.69, 9.17) is 0 Å². The quantitative estimate of drug-likeness (QED) is 0.912. The van der Waals surface area contributed by atoms with Gasteiger partial charge in [0, 0.05) is 17.6 Å². The van der Waals surface area contributed by atoms with Gasteiger partial charge in [0.15, 0.2) is 0 Å². The molecular weight excluding hydrogens is 282 g/mol. The fourth-order valence-electron chi connectivity index (χ4n) is 1.89. The highest BCUT2D eigenvalue weighted by Crippen LogP contribution is 2.21. The van der Waals surface area contributed by atoms with E-state index >= 15 is 0 Å². The van der Waals surface area contributed by atoms with Gasteiger partial charge >= 0.3 is 0 Å². The van der Waals surface area contributed by atoms with Crippen molar-refractivity contribution in [3.8, 4) is 0 Å². The monoisotopic (exact) mass is 299 g/mol. The Labute approximate surface area is 120 Å². The molecule has 0 aromatic carbocycles. The molecule has 1 fully saturated rings. The zero-order valence-electron chi connectivity index (χ0n) is 11.0. The largest absolute Gasteiger partial charge is 0.349 e. The maximum Gasteiger partial charge on any atom is 0.244 e. The highest BCUT2D eigenvalue weighted by atomic mass is 32.2. The summed E-state index contributed by atoms with van der Waals surface area (Å²) in [5, 5.41) is 5.79. The molecule has 2 amide bonds. The van der Waals surface area contributed by atoms with Crippen LogP contribution in [0.25, 0.3) is 0 Å². The number of rotatable bonds is 4. The lowest BCUT2D eigenvalue weighted by atomic mass is 10.2. The van der Waals surface area contributed by atoms with Crippen LogP contribution in [0.2, 0.25) is 0 Å². The zero-order valence-corrected chi connectivity index (χ0v) is 12.6. The number of nitrogens with one attached hydrogen (secondary N) is 1. The summed E-state index contributed by atoms with van der Waals surface area (Å²) < 4.78 is 0. The molecular formula is C12H17N3O2S2. The van der Waals surface area contributed by atoms with Crippen LogP contribution in [0.15, 0.2) is 5.38 Å². The second-order valence-corrected chi connectivity index (χ2v) is 6.37. The third kappa shape index (κ3) is 3.48. The summed E-state index contributed by atoms with van der Waals surface area (Å²) >= 11 is 3.19. The van der Waals surface area contributed by atoms with Gasteiger partial charge in [-0.15, -0.1) is 23.1 Å². The number of thiazole rings is 1. The number of carbonyl (C=O) groups is 2. The third-order valence-corrected chi connectivity index (χ3v) is 4.75. The van der Waals surface area contributed by atoms with E-state index in [9.17, 15) is 9.59 Å². The van der Waals surface area contributed by atoms with E-state index in [1.165, 1.54) is 0 Å². The summed E-state index contributed by atoms with van der Waals surface area (Å²) in [7, 11) is 0. The smallest absolute Gasteiger partial charge is 0.244 e. The second kappa shape index (κ2) is 6.38. The molecule has 1 N–H and O–H groups in total. The minimum atomic E-state index is -0.336. The summed E-state index contributed by atoms with van der Waals surface area (Å²) in [6, 6.07) is -0.336. The van der Waals surface area contributed by atoms with Crippen molar-refractivity contribution in [2.75, 3.05) is 11.6 Å². The number of thioether (sulfide) groups is 1. The Bertz CT molecular complexity index is 475. The first-order valence-corrected chi connectivity index (χ1v) is 8.21. The van der Waals surface area contributed by atoms with Crippen molar-refractivity contribution in [2.24, 2.45) is 0 Å². The SMILES string of the molecule is CCC(=O)N1CSC[C@@H]1C(=O)NCc1csc(C)n1. The number of carbonyl (C=O) groups excluding carboxylic acids is 2. The highest BCUT2D eigenvalue weighted by Gasteiger charge is 2.33. The van der Waals surface area contributed by atoms with E-state index in [2.05, 4.69) is 10.3 Å². The van der Waals surface area contributed by atoms with Crippen molar-refractivity contribution in [3.63, 3.8) is 0 Å². The average Bonchev–Trinajstić information content (AvgIpc) is 3.03. The molecule has 1 atom stereocenters. The number of aryl methyl sites for hydroxylation is 1. The molecule has 2 rings (SSSR count). The first-order valence-electron chi connectivity index (χ1n) is 6.17. The van der Waals surface area contributed by atoms with Gasteiger partial charge in [0.25, 0.3) is 0 Å². The van der Waals surface area contributed by atoms with Crippen molar-refractivity contribution in [3.05, 3.63) is 16.1 Å². The fraction of sp³-hybridized carbons (Fsp3) is 0.583. The normalized spacial score (nSPS) is 18.6. The molecule has 0 unspecified atom stereocenters. The standard InChI is InChI=1S/C12H17N3O2S2/c1-3-11(16)15-7-18-6-10(15)12(17)13-4-9-5-19-8(2)14-9/h5,10H,3-4,6-7H2,1-2H3,(H,13,17)/t10-/m1/s1. The Morgan fingerprint density at radius 2 is 2.37 bits per heavy atom. The molecule has 1 aliphatic rings. The molecule has 1 aliphatic heterocycles. The molecule has 104 valence electrons. The molecule has 5 nitrogen and oxygen atoms in total. The molecule has 0 spiro atoms. The van der Waals surface area contributed by atoms with Crippen LogP contribution >= 0.6 is 23.1 Å². The molecule has 1 saturated heterocycles. The number of amides is 2. The first-order chi connectivity index (χ1) is 9.11. The Morgan fingerprint density at radius 1 is 1.58 bits per heavy atom. The summed E-state index contributed by atoms with van der Waals surface area (Å²) in [5.74, 6) is 1.24. The number of hydrogen-bond acceptors (Lipinski definition) is 5. The molecule has 0 aliphatic carbocycles. The van der Waals surface area contributed by atoms with Gasteiger partial charge in [0.05, 0.1) is 23.1 Å². The lowest BCUT2D eigenvalue weighted by molar-refractivity contribution is -0.137. The molecule has 7 heteroatoms. The Hall–Kier alpha value is -1.08. The van der Waals surface area contributed by atoms with Crippen LogP contribution in [0.4, 0.5) is 0 Å². The maximum absolute atomic E-state index is 12.1.